The van der Waals surface area contributed by atoms with Gasteiger partial charge in [-0.15, -0.1) is 0 Å². The second-order valence-electron chi connectivity index (χ2n) is 5.03. The average Bonchev–Trinajstić information content (AvgIpc) is 2.34. The number of carbonyl (C=O) groups excluding carboxylic acids is 1. The summed E-state index contributed by atoms with van der Waals surface area (Å²) >= 11 is 0. The van der Waals surface area contributed by atoms with Gasteiger partial charge in [-0.25, -0.2) is 0 Å². The molecule has 0 saturated carbocycles. The van der Waals surface area contributed by atoms with Crippen molar-refractivity contribution >= 4 is 5.78 Å². The molecule has 0 aromatic rings. The molecule has 0 heterocycles. The van der Waals surface area contributed by atoms with Crippen LogP contribution in [-0.2, 0) is 4.79 Å². The lowest BCUT2D eigenvalue weighted by Crippen LogP contribution is -2.22. The van der Waals surface area contributed by atoms with Gasteiger partial charge in [-0.3, -0.25) is 4.79 Å². The van der Waals surface area contributed by atoms with Crippen molar-refractivity contribution < 1.29 is 4.79 Å². The van der Waals surface area contributed by atoms with Crippen molar-refractivity contribution in [3.8, 4) is 0 Å². The summed E-state index contributed by atoms with van der Waals surface area (Å²) in [4.78, 5) is 11.7. The third-order valence-corrected chi connectivity index (χ3v) is 3.51. The number of nitrogens with two attached hydrogens (primary N) is 1. The van der Waals surface area contributed by atoms with E-state index in [2.05, 4.69) is 6.92 Å². The Bertz CT molecular complexity index is 176. The zero-order valence-electron chi connectivity index (χ0n) is 11.8. The molecule has 17 heavy (non-hydrogen) atoms. The fraction of sp³-hybridized carbons (Fsp3) is 0.933. The van der Waals surface area contributed by atoms with Crippen molar-refractivity contribution in [2.75, 3.05) is 6.54 Å². The summed E-state index contributed by atoms with van der Waals surface area (Å²) in [6, 6.07) is 0. The summed E-state index contributed by atoms with van der Waals surface area (Å²) in [5, 5.41) is 0. The van der Waals surface area contributed by atoms with Crippen molar-refractivity contribution in [2.45, 2.75) is 78.1 Å². The summed E-state index contributed by atoms with van der Waals surface area (Å²) < 4.78 is 0. The molecule has 0 aliphatic carbocycles. The Hall–Kier alpha value is -0.370. The smallest absolute Gasteiger partial charge is 0.137 e. The molecule has 0 aromatic carbocycles. The molecule has 0 rings (SSSR count). The molecule has 2 N–H and O–H groups in total. The summed E-state index contributed by atoms with van der Waals surface area (Å²) in [7, 11) is 0. The molecular formula is C15H31NO. The highest BCUT2D eigenvalue weighted by Gasteiger charge is 2.13. The summed E-state index contributed by atoms with van der Waals surface area (Å²) in [5.41, 5.74) is 5.56. The number of unbranched alkanes of at least 4 members (excludes halogenated alkanes) is 7. The van der Waals surface area contributed by atoms with Gasteiger partial charge in [-0.05, 0) is 12.8 Å². The van der Waals surface area contributed by atoms with E-state index in [1.165, 1.54) is 44.9 Å². The molecule has 0 fully saturated rings. The van der Waals surface area contributed by atoms with Crippen molar-refractivity contribution in [3.63, 3.8) is 0 Å². The molecule has 102 valence electrons. The highest BCUT2D eigenvalue weighted by atomic mass is 16.1. The highest BCUT2D eigenvalue weighted by Crippen LogP contribution is 2.12. The molecule has 0 aliphatic rings. The maximum atomic E-state index is 11.7. The molecule has 0 amide bonds. The monoisotopic (exact) mass is 241 g/mol. The van der Waals surface area contributed by atoms with Crippen LogP contribution in [-0.4, -0.2) is 12.3 Å². The Morgan fingerprint density at radius 2 is 1.47 bits per heavy atom. The van der Waals surface area contributed by atoms with Gasteiger partial charge in [0.1, 0.15) is 5.78 Å². The number of ketones is 1. The minimum Gasteiger partial charge on any atom is -0.330 e. The van der Waals surface area contributed by atoms with Gasteiger partial charge in [0.2, 0.25) is 0 Å². The van der Waals surface area contributed by atoms with Gasteiger partial charge in [-0.1, -0.05) is 58.8 Å². The lowest BCUT2D eigenvalue weighted by molar-refractivity contribution is -0.122. The van der Waals surface area contributed by atoms with Gasteiger partial charge in [0, 0.05) is 18.9 Å². The van der Waals surface area contributed by atoms with Crippen LogP contribution >= 0.6 is 0 Å². The third kappa shape index (κ3) is 9.34. The normalized spacial score (nSPS) is 12.6. The van der Waals surface area contributed by atoms with Crippen LogP contribution in [0.3, 0.4) is 0 Å². The van der Waals surface area contributed by atoms with E-state index in [1.807, 2.05) is 6.92 Å². The van der Waals surface area contributed by atoms with E-state index in [0.29, 0.717) is 12.3 Å². The minimum absolute atomic E-state index is 0.111. The molecular weight excluding hydrogens is 210 g/mol. The zero-order chi connectivity index (χ0) is 12.9. The van der Waals surface area contributed by atoms with Crippen LogP contribution in [0.25, 0.3) is 0 Å². The van der Waals surface area contributed by atoms with Crippen molar-refractivity contribution in [2.24, 2.45) is 11.7 Å². The molecule has 0 saturated heterocycles. The van der Waals surface area contributed by atoms with Gasteiger partial charge >= 0.3 is 0 Å². The molecule has 0 aliphatic heterocycles. The predicted octanol–water partition coefficient (Wildman–Crippen LogP) is 4.07. The first kappa shape index (κ1) is 16.6. The maximum Gasteiger partial charge on any atom is 0.137 e. The van der Waals surface area contributed by atoms with Crippen molar-refractivity contribution in [1.82, 2.24) is 0 Å². The number of hydrogen-bond acceptors (Lipinski definition) is 2. The first-order chi connectivity index (χ1) is 8.26. The van der Waals surface area contributed by atoms with Crippen molar-refractivity contribution in [1.29, 1.82) is 0 Å². The average molecular weight is 241 g/mol. The van der Waals surface area contributed by atoms with Crippen LogP contribution in [0.15, 0.2) is 0 Å². The van der Waals surface area contributed by atoms with E-state index >= 15 is 0 Å². The van der Waals surface area contributed by atoms with Gasteiger partial charge in [0.25, 0.3) is 0 Å². The van der Waals surface area contributed by atoms with Gasteiger partial charge in [-0.2, -0.15) is 0 Å². The van der Waals surface area contributed by atoms with E-state index in [9.17, 15) is 4.79 Å². The van der Waals surface area contributed by atoms with Gasteiger partial charge in [0.15, 0.2) is 0 Å². The topological polar surface area (TPSA) is 43.1 Å². The first-order valence-electron chi connectivity index (χ1n) is 7.49. The molecule has 0 spiro atoms. The highest BCUT2D eigenvalue weighted by molar-refractivity contribution is 5.81. The second kappa shape index (κ2) is 12.1. The molecule has 2 heteroatoms. The minimum atomic E-state index is 0.111. The number of hydrogen-bond donors (Lipinski definition) is 1. The van der Waals surface area contributed by atoms with Crippen LogP contribution in [0, 0.1) is 5.92 Å². The van der Waals surface area contributed by atoms with Crippen LogP contribution in [0.1, 0.15) is 78.1 Å². The SMILES string of the molecule is CCCCCCCCCCC(=O)C(CC)CN. The Balaban J connectivity index is 3.30. The number of carbonyl (C=O) groups is 1. The zero-order valence-corrected chi connectivity index (χ0v) is 11.8. The Morgan fingerprint density at radius 1 is 0.941 bits per heavy atom. The Labute approximate surface area is 107 Å². The van der Waals surface area contributed by atoms with E-state index in [0.717, 1.165) is 19.3 Å². The van der Waals surface area contributed by atoms with Crippen LogP contribution in [0.5, 0.6) is 0 Å². The fourth-order valence-electron chi connectivity index (χ4n) is 2.16. The van der Waals surface area contributed by atoms with E-state index in [4.69, 9.17) is 5.73 Å². The van der Waals surface area contributed by atoms with E-state index in [1.54, 1.807) is 0 Å². The van der Waals surface area contributed by atoms with Crippen molar-refractivity contribution in [3.05, 3.63) is 0 Å². The standard InChI is InChI=1S/C15H31NO/c1-3-5-6-7-8-9-10-11-12-15(17)14(4-2)13-16/h14H,3-13,16H2,1-2H3. The van der Waals surface area contributed by atoms with Crippen LogP contribution in [0.2, 0.25) is 0 Å². The first-order valence-corrected chi connectivity index (χ1v) is 7.49. The second-order valence-corrected chi connectivity index (χ2v) is 5.03. The van der Waals surface area contributed by atoms with Crippen LogP contribution < -0.4 is 5.73 Å². The Morgan fingerprint density at radius 3 is 1.94 bits per heavy atom. The maximum absolute atomic E-state index is 11.7. The number of Topliss-reactive ketones (excluding diaryl/α,β-unsaturated/α-hetero) is 1. The largest absolute Gasteiger partial charge is 0.330 e. The molecule has 0 bridgehead atoms. The summed E-state index contributed by atoms with van der Waals surface area (Å²) in [5.74, 6) is 0.487. The lowest BCUT2D eigenvalue weighted by Gasteiger charge is -2.10. The molecule has 0 aromatic heterocycles. The summed E-state index contributed by atoms with van der Waals surface area (Å²) in [6.45, 7) is 4.81. The van der Waals surface area contributed by atoms with Crippen LogP contribution in [0.4, 0.5) is 0 Å². The number of rotatable bonds is 12. The lowest BCUT2D eigenvalue weighted by atomic mass is 9.96. The quantitative estimate of drug-likeness (QED) is 0.523. The molecule has 1 unspecified atom stereocenters. The summed E-state index contributed by atoms with van der Waals surface area (Å²) in [6.07, 6.45) is 11.9. The fourth-order valence-corrected chi connectivity index (χ4v) is 2.16. The predicted molar refractivity (Wildman–Crippen MR) is 75.1 cm³/mol. The van der Waals surface area contributed by atoms with E-state index < -0.39 is 0 Å². The van der Waals surface area contributed by atoms with Gasteiger partial charge in [0.05, 0.1) is 0 Å². The molecule has 2 nitrogen and oxygen atoms in total. The molecule has 0 radical (unpaired) electrons. The molecule has 1 atom stereocenters. The van der Waals surface area contributed by atoms with Gasteiger partial charge < -0.3 is 5.73 Å². The van der Waals surface area contributed by atoms with E-state index in [-0.39, 0.29) is 5.92 Å². The third-order valence-electron chi connectivity index (χ3n) is 3.51. The Kier molecular flexibility index (Phi) is 11.8.